The van der Waals surface area contributed by atoms with Crippen molar-refractivity contribution in [3.8, 4) is 0 Å². The first-order valence-electron chi connectivity index (χ1n) is 24.4. The van der Waals surface area contributed by atoms with Gasteiger partial charge in [0.25, 0.3) is 0 Å². The van der Waals surface area contributed by atoms with Crippen molar-refractivity contribution in [2.75, 3.05) is 19.8 Å². The van der Waals surface area contributed by atoms with Gasteiger partial charge < -0.3 is 39.1 Å². The number of carbonyl (C=O) groups is 3. The highest BCUT2D eigenvalue weighted by Gasteiger charge is 2.93. The second kappa shape index (κ2) is 15.0. The predicted molar refractivity (Wildman–Crippen MR) is 228 cm³/mol. The molecule has 1 aromatic carbocycles. The van der Waals surface area contributed by atoms with E-state index in [0.717, 1.165) is 95.2 Å². The summed E-state index contributed by atoms with van der Waals surface area (Å²) in [5, 5.41) is 20.4. The zero-order chi connectivity index (χ0) is 42.7. The van der Waals surface area contributed by atoms with Crippen LogP contribution < -0.4 is 10.6 Å². The molecule has 2 aromatic rings. The van der Waals surface area contributed by atoms with Crippen LogP contribution in [0.4, 0.5) is 0 Å². The summed E-state index contributed by atoms with van der Waals surface area (Å²) < 4.78 is 33.7. The maximum atomic E-state index is 15.8. The van der Waals surface area contributed by atoms with Crippen LogP contribution in [-0.4, -0.2) is 78.2 Å². The highest BCUT2D eigenvalue weighted by molar-refractivity contribution is 5.93. The summed E-state index contributed by atoms with van der Waals surface area (Å²) in [4.78, 5) is 44.7. The van der Waals surface area contributed by atoms with Crippen LogP contribution in [0.5, 0.6) is 0 Å². The summed E-state index contributed by atoms with van der Waals surface area (Å²) in [6, 6.07) is 13.2. The lowest BCUT2D eigenvalue weighted by Crippen LogP contribution is -2.80. The standard InChI is InChI=1S/C51H68N2O9/c1-46(2)39-38(54)40(55)50(33-17-13-16-32(27-33)26-31-14-7-6-8-15-31)37(49(39)29-59-45(57)48(44(49)62-46)22-11-12-23-48)20-24-47(3)41(60-43(56)42-51(47,50)61-42)35-21-25-58-36(35)19-10-5-4-9-18-34-28-52-30-53-34/h6-8,14-15,21,25,32-34,37,39-42,44,52-53,55H,4-5,9-13,16-20,22-24,26-30H2,1-3H3/t32-,33+,34-,37-,39-,40-,41+,42-,44+,47+,49-,50+,51-/m1/s1. The summed E-state index contributed by atoms with van der Waals surface area (Å²) in [6.45, 7) is 8.18. The molecule has 336 valence electrons. The van der Waals surface area contributed by atoms with Gasteiger partial charge in [0, 0.05) is 47.5 Å². The van der Waals surface area contributed by atoms with Gasteiger partial charge >= 0.3 is 11.9 Å². The third-order valence-electron chi connectivity index (χ3n) is 18.8. The summed E-state index contributed by atoms with van der Waals surface area (Å²) >= 11 is 0. The Balaban J connectivity index is 1.01. The molecule has 9 aliphatic rings. The maximum absolute atomic E-state index is 15.8. The molecule has 0 bridgehead atoms. The number of cyclic esters (lactones) is 2. The van der Waals surface area contributed by atoms with E-state index in [2.05, 4.69) is 47.9 Å². The number of furan rings is 1. The first-order chi connectivity index (χ1) is 29.9. The summed E-state index contributed by atoms with van der Waals surface area (Å²) in [7, 11) is 0. The molecule has 9 fully saturated rings. The first kappa shape index (κ1) is 41.6. The SMILES string of the molecule is CC1(C)O[C@H]2C3(CCCC3)C(=O)OC[C@@]23[C@@H]1C(=O)[C@@H](O)[C@]1([C@H]2CCC[C@H](Cc4ccccc4)C2)[C@@H]3CC[C@@]2(C)[C@H](c3ccoc3CCCCCC[C@@H]3CNCN3)OC(=O)[C@H]3O[C@@]312. The number of benzene rings is 1. The zero-order valence-electron chi connectivity index (χ0n) is 37.1. The monoisotopic (exact) mass is 852 g/mol. The summed E-state index contributed by atoms with van der Waals surface area (Å²) in [5.41, 5.74) is -3.67. The Morgan fingerprint density at radius 3 is 2.47 bits per heavy atom. The lowest BCUT2D eigenvalue weighted by molar-refractivity contribution is -0.285. The van der Waals surface area contributed by atoms with Gasteiger partial charge in [0.15, 0.2) is 11.9 Å². The van der Waals surface area contributed by atoms with Gasteiger partial charge in [0.05, 0.1) is 29.3 Å². The smallest absolute Gasteiger partial charge is 0.339 e. The van der Waals surface area contributed by atoms with Gasteiger partial charge in [-0.3, -0.25) is 9.59 Å². The van der Waals surface area contributed by atoms with Crippen LogP contribution in [-0.2, 0) is 46.2 Å². The molecule has 0 amide bonds. The zero-order valence-corrected chi connectivity index (χ0v) is 37.1. The van der Waals surface area contributed by atoms with Crippen molar-refractivity contribution in [3.05, 3.63) is 59.5 Å². The van der Waals surface area contributed by atoms with Gasteiger partial charge in [-0.05, 0) is 101 Å². The highest BCUT2D eigenvalue weighted by Crippen LogP contribution is 2.83. The van der Waals surface area contributed by atoms with Gasteiger partial charge in [-0.25, -0.2) is 4.79 Å². The van der Waals surface area contributed by atoms with E-state index in [1.54, 1.807) is 6.26 Å². The Labute approximate surface area is 366 Å². The lowest BCUT2D eigenvalue weighted by atomic mass is 9.32. The van der Waals surface area contributed by atoms with Crippen molar-refractivity contribution >= 4 is 17.7 Å². The second-order valence-electron chi connectivity index (χ2n) is 22.1. The van der Waals surface area contributed by atoms with Crippen molar-refractivity contribution in [2.24, 2.45) is 45.3 Å². The van der Waals surface area contributed by atoms with Crippen LogP contribution in [0, 0.1) is 45.3 Å². The molecule has 1 aromatic heterocycles. The maximum Gasteiger partial charge on any atom is 0.339 e. The fourth-order valence-electron chi connectivity index (χ4n) is 16.6. The van der Waals surface area contributed by atoms with E-state index in [0.29, 0.717) is 37.6 Å². The highest BCUT2D eigenvalue weighted by atomic mass is 16.7. The second-order valence-corrected chi connectivity index (χ2v) is 22.1. The molecule has 4 saturated carbocycles. The minimum atomic E-state index is -1.41. The van der Waals surface area contributed by atoms with Crippen molar-refractivity contribution in [1.29, 1.82) is 0 Å². The third kappa shape index (κ3) is 5.62. The Bertz CT molecular complexity index is 2060. The van der Waals surface area contributed by atoms with E-state index in [1.807, 2.05) is 19.9 Å². The van der Waals surface area contributed by atoms with Gasteiger partial charge in [0.2, 0.25) is 0 Å². The molecule has 0 radical (unpaired) electrons. The van der Waals surface area contributed by atoms with Crippen LogP contribution in [0.15, 0.2) is 47.1 Å². The molecule has 3 spiro atoms. The quantitative estimate of drug-likeness (QED) is 0.119. The molecule has 62 heavy (non-hydrogen) atoms. The molecule has 4 aliphatic carbocycles. The average Bonchev–Trinajstić information content (AvgIpc) is 3.74. The molecule has 3 N–H and O–H groups in total. The van der Waals surface area contributed by atoms with E-state index in [1.165, 1.54) is 18.4 Å². The Kier molecular flexibility index (Phi) is 10.0. The number of fused-ring (bicyclic) bond motifs is 2. The number of ether oxygens (including phenoxy) is 4. The number of aryl methyl sites for hydroxylation is 1. The average molecular weight is 853 g/mol. The van der Waals surface area contributed by atoms with Gasteiger partial charge in [-0.2, -0.15) is 0 Å². The topological polar surface area (TPSA) is 149 Å². The largest absolute Gasteiger partial charge is 0.469 e. The first-order valence-corrected chi connectivity index (χ1v) is 24.4. The minimum Gasteiger partial charge on any atom is -0.469 e. The number of aliphatic hydroxyl groups excluding tert-OH is 1. The molecule has 11 rings (SSSR count). The summed E-state index contributed by atoms with van der Waals surface area (Å²) in [6.07, 6.45) is 13.4. The number of carbonyl (C=O) groups excluding carboxylic acids is 3. The molecule has 11 nitrogen and oxygen atoms in total. The van der Waals surface area contributed by atoms with Crippen LogP contribution in [0.2, 0.25) is 0 Å². The molecular formula is C51H68N2O9. The van der Waals surface area contributed by atoms with E-state index in [9.17, 15) is 14.7 Å². The van der Waals surface area contributed by atoms with E-state index in [4.69, 9.17) is 23.4 Å². The molecule has 13 atom stereocenters. The lowest BCUT2D eigenvalue weighted by Gasteiger charge is -2.70. The van der Waals surface area contributed by atoms with Crippen molar-refractivity contribution < 1.29 is 42.9 Å². The van der Waals surface area contributed by atoms with Crippen molar-refractivity contribution in [2.45, 2.75) is 172 Å². The number of nitrogens with one attached hydrogen (secondary N) is 2. The normalized spacial score (nSPS) is 43.5. The van der Waals surface area contributed by atoms with Crippen LogP contribution in [0.1, 0.15) is 140 Å². The van der Waals surface area contributed by atoms with E-state index < -0.39 is 69.2 Å². The Hall–Kier alpha value is -3.09. The number of unbranched alkanes of at least 4 members (excludes halogenated alkanes) is 3. The Morgan fingerprint density at radius 1 is 0.871 bits per heavy atom. The molecule has 6 heterocycles. The molecule has 5 aliphatic heterocycles. The number of rotatable bonds is 11. The molecule has 5 saturated heterocycles. The number of ketones is 1. The van der Waals surface area contributed by atoms with Crippen LogP contribution in [0.3, 0.4) is 0 Å². The van der Waals surface area contributed by atoms with Crippen LogP contribution >= 0.6 is 0 Å². The number of aliphatic hydroxyl groups is 1. The molecule has 0 unspecified atom stereocenters. The number of epoxide rings is 1. The van der Waals surface area contributed by atoms with Crippen molar-refractivity contribution in [1.82, 2.24) is 10.6 Å². The Morgan fingerprint density at radius 2 is 1.68 bits per heavy atom. The fraction of sp³-hybridized carbons (Fsp3) is 0.745. The van der Waals surface area contributed by atoms with Crippen molar-refractivity contribution in [3.63, 3.8) is 0 Å². The number of esters is 2. The summed E-state index contributed by atoms with van der Waals surface area (Å²) in [5.74, 6) is -0.841. The fourth-order valence-corrected chi connectivity index (χ4v) is 16.6. The van der Waals surface area contributed by atoms with Gasteiger partial charge in [-0.15, -0.1) is 0 Å². The molecule has 11 heteroatoms. The third-order valence-corrected chi connectivity index (χ3v) is 18.8. The molecular weight excluding hydrogens is 785 g/mol. The van der Waals surface area contributed by atoms with Gasteiger partial charge in [-0.1, -0.05) is 82.2 Å². The minimum absolute atomic E-state index is 0.0721. The number of Topliss-reactive ketones (excluding diaryl/α,β-unsaturated/α-hetero) is 1. The van der Waals surface area contributed by atoms with E-state index >= 15 is 4.79 Å². The van der Waals surface area contributed by atoms with Gasteiger partial charge in [0.1, 0.15) is 30.2 Å². The van der Waals surface area contributed by atoms with E-state index in [-0.39, 0.29) is 30.2 Å². The van der Waals surface area contributed by atoms with Crippen LogP contribution in [0.25, 0.3) is 0 Å². The number of hydrogen-bond donors (Lipinski definition) is 3. The number of hydrogen-bond acceptors (Lipinski definition) is 11. The predicted octanol–water partition coefficient (Wildman–Crippen LogP) is 7.32.